The van der Waals surface area contributed by atoms with Crippen LogP contribution in [-0.4, -0.2) is 44.7 Å². The monoisotopic (exact) mass is 335 g/mol. The summed E-state index contributed by atoms with van der Waals surface area (Å²) in [5.74, 6) is -0.388. The molecule has 0 radical (unpaired) electrons. The third-order valence-corrected chi connectivity index (χ3v) is 4.36. The first-order valence-electron chi connectivity index (χ1n) is 7.69. The van der Waals surface area contributed by atoms with Gasteiger partial charge in [0, 0.05) is 20.3 Å². The summed E-state index contributed by atoms with van der Waals surface area (Å²) in [4.78, 5) is 23.5. The van der Waals surface area contributed by atoms with E-state index in [4.69, 9.17) is 10.5 Å². The molecule has 0 saturated heterocycles. The Labute approximate surface area is 139 Å². The second kappa shape index (κ2) is 10.0. The van der Waals surface area contributed by atoms with Gasteiger partial charge < -0.3 is 21.1 Å². The molecule has 1 aliphatic rings. The number of hydrogen-bond acceptors (Lipinski definition) is 4. The summed E-state index contributed by atoms with van der Waals surface area (Å²) < 4.78 is 5.12. The van der Waals surface area contributed by atoms with Crippen molar-refractivity contribution in [3.05, 3.63) is 0 Å². The van der Waals surface area contributed by atoms with Gasteiger partial charge >= 0.3 is 0 Å². The van der Waals surface area contributed by atoms with E-state index in [1.807, 2.05) is 13.8 Å². The standard InChI is InChI=1S/C15H29N3O3.ClH/c1-11(2)13(16)14(20)17-9-12(19)18-10-15(5-4-6-15)7-8-21-3;/h11,13H,4-10,16H2,1-3H3,(H,17,20)(H,18,19);1H/t13-;/m0./s1. The molecule has 1 fully saturated rings. The maximum atomic E-state index is 11.8. The molecule has 7 heteroatoms. The van der Waals surface area contributed by atoms with Gasteiger partial charge in [-0.1, -0.05) is 20.3 Å². The highest BCUT2D eigenvalue weighted by Crippen LogP contribution is 2.43. The Kier molecular flexibility index (Phi) is 9.64. The second-order valence-electron chi connectivity index (χ2n) is 6.36. The minimum atomic E-state index is -0.572. The zero-order chi connectivity index (χ0) is 15.9. The second-order valence-corrected chi connectivity index (χ2v) is 6.36. The number of ether oxygens (including phenoxy) is 1. The number of rotatable bonds is 9. The van der Waals surface area contributed by atoms with E-state index in [2.05, 4.69) is 10.6 Å². The summed E-state index contributed by atoms with van der Waals surface area (Å²) in [5, 5.41) is 5.49. The molecule has 22 heavy (non-hydrogen) atoms. The Morgan fingerprint density at radius 1 is 1.27 bits per heavy atom. The summed E-state index contributed by atoms with van der Waals surface area (Å²) in [5.41, 5.74) is 5.90. The molecule has 1 rings (SSSR count). The lowest BCUT2D eigenvalue weighted by atomic mass is 9.67. The maximum absolute atomic E-state index is 11.8. The van der Waals surface area contributed by atoms with Crippen LogP contribution in [0, 0.1) is 11.3 Å². The van der Waals surface area contributed by atoms with E-state index in [-0.39, 0.29) is 42.1 Å². The molecule has 2 amide bonds. The molecule has 0 aromatic heterocycles. The highest BCUT2D eigenvalue weighted by Gasteiger charge is 2.36. The van der Waals surface area contributed by atoms with Crippen LogP contribution in [0.25, 0.3) is 0 Å². The van der Waals surface area contributed by atoms with Crippen molar-refractivity contribution in [3.8, 4) is 0 Å². The average molecular weight is 336 g/mol. The molecule has 0 bridgehead atoms. The normalized spacial score (nSPS) is 17.1. The van der Waals surface area contributed by atoms with Gasteiger partial charge in [0.25, 0.3) is 0 Å². The van der Waals surface area contributed by atoms with Gasteiger partial charge in [-0.15, -0.1) is 12.4 Å². The van der Waals surface area contributed by atoms with E-state index < -0.39 is 6.04 Å². The van der Waals surface area contributed by atoms with Crippen molar-refractivity contribution >= 4 is 24.2 Å². The van der Waals surface area contributed by atoms with Gasteiger partial charge in [0.1, 0.15) is 0 Å². The molecule has 0 aromatic rings. The van der Waals surface area contributed by atoms with Gasteiger partial charge in [-0.05, 0) is 30.6 Å². The molecule has 0 unspecified atom stereocenters. The third kappa shape index (κ3) is 6.50. The Morgan fingerprint density at radius 2 is 1.91 bits per heavy atom. The number of halogens is 1. The van der Waals surface area contributed by atoms with Gasteiger partial charge in [0.2, 0.25) is 11.8 Å². The van der Waals surface area contributed by atoms with E-state index in [9.17, 15) is 9.59 Å². The van der Waals surface area contributed by atoms with Crippen LogP contribution in [0.5, 0.6) is 0 Å². The van der Waals surface area contributed by atoms with Gasteiger partial charge in [0.15, 0.2) is 0 Å². The van der Waals surface area contributed by atoms with E-state index in [0.717, 1.165) is 25.9 Å². The van der Waals surface area contributed by atoms with Crippen LogP contribution in [-0.2, 0) is 14.3 Å². The van der Waals surface area contributed by atoms with E-state index in [1.165, 1.54) is 6.42 Å². The summed E-state index contributed by atoms with van der Waals surface area (Å²) in [7, 11) is 1.69. The molecule has 4 N–H and O–H groups in total. The lowest BCUT2D eigenvalue weighted by Gasteiger charge is -2.42. The Hall–Kier alpha value is -0.850. The lowest BCUT2D eigenvalue weighted by Crippen LogP contribution is -2.49. The highest BCUT2D eigenvalue weighted by atomic mass is 35.5. The fourth-order valence-corrected chi connectivity index (χ4v) is 2.45. The van der Waals surface area contributed by atoms with Crippen molar-refractivity contribution < 1.29 is 14.3 Å². The minimum Gasteiger partial charge on any atom is -0.385 e. The number of carbonyl (C=O) groups excluding carboxylic acids is 2. The van der Waals surface area contributed by atoms with Gasteiger partial charge in [0.05, 0.1) is 12.6 Å². The molecule has 6 nitrogen and oxygen atoms in total. The molecule has 1 saturated carbocycles. The molecule has 0 spiro atoms. The molecule has 1 aliphatic carbocycles. The van der Waals surface area contributed by atoms with Gasteiger partial charge in [-0.25, -0.2) is 0 Å². The van der Waals surface area contributed by atoms with Crippen LogP contribution in [0.3, 0.4) is 0 Å². The van der Waals surface area contributed by atoms with Crippen LogP contribution in [0.15, 0.2) is 0 Å². The van der Waals surface area contributed by atoms with Gasteiger partial charge in [-0.3, -0.25) is 9.59 Å². The van der Waals surface area contributed by atoms with Crippen molar-refractivity contribution in [2.45, 2.75) is 45.6 Å². The first-order chi connectivity index (χ1) is 9.90. The first-order valence-corrected chi connectivity index (χ1v) is 7.69. The maximum Gasteiger partial charge on any atom is 0.239 e. The first kappa shape index (κ1) is 21.1. The fraction of sp³-hybridized carbons (Fsp3) is 0.867. The van der Waals surface area contributed by atoms with E-state index in [1.54, 1.807) is 7.11 Å². The number of nitrogens with two attached hydrogens (primary N) is 1. The predicted octanol–water partition coefficient (Wildman–Crippen LogP) is 0.831. The Bertz CT molecular complexity index is 360. The summed E-state index contributed by atoms with van der Waals surface area (Å²) in [6.45, 7) is 5.11. The topological polar surface area (TPSA) is 93.5 Å². The molecular weight excluding hydrogens is 306 g/mol. The number of amides is 2. The van der Waals surface area contributed by atoms with Crippen LogP contribution in [0.4, 0.5) is 0 Å². The summed E-state index contributed by atoms with van der Waals surface area (Å²) >= 11 is 0. The van der Waals surface area contributed by atoms with E-state index in [0.29, 0.717) is 6.54 Å². The molecule has 1 atom stereocenters. The van der Waals surface area contributed by atoms with Crippen molar-refractivity contribution in [1.82, 2.24) is 10.6 Å². The van der Waals surface area contributed by atoms with Gasteiger partial charge in [-0.2, -0.15) is 0 Å². The van der Waals surface area contributed by atoms with Crippen LogP contribution < -0.4 is 16.4 Å². The number of nitrogens with one attached hydrogen (secondary N) is 2. The molecular formula is C15H30ClN3O3. The number of carbonyl (C=O) groups is 2. The largest absolute Gasteiger partial charge is 0.385 e. The lowest BCUT2D eigenvalue weighted by molar-refractivity contribution is -0.127. The highest BCUT2D eigenvalue weighted by molar-refractivity contribution is 5.87. The third-order valence-electron chi connectivity index (χ3n) is 4.36. The fourth-order valence-electron chi connectivity index (χ4n) is 2.45. The average Bonchev–Trinajstić information content (AvgIpc) is 2.42. The quantitative estimate of drug-likeness (QED) is 0.582. The van der Waals surface area contributed by atoms with Crippen molar-refractivity contribution in [2.24, 2.45) is 17.1 Å². The zero-order valence-electron chi connectivity index (χ0n) is 13.8. The number of methoxy groups -OCH3 is 1. The Morgan fingerprint density at radius 3 is 2.36 bits per heavy atom. The predicted molar refractivity (Wildman–Crippen MR) is 88.9 cm³/mol. The zero-order valence-corrected chi connectivity index (χ0v) is 14.6. The Balaban J connectivity index is 0.00000441. The van der Waals surface area contributed by atoms with Crippen molar-refractivity contribution in [2.75, 3.05) is 26.8 Å². The number of hydrogen-bond donors (Lipinski definition) is 3. The summed E-state index contributed by atoms with van der Waals surface area (Å²) in [6.07, 6.45) is 4.43. The summed E-state index contributed by atoms with van der Waals surface area (Å²) in [6, 6.07) is -0.572. The molecule has 0 heterocycles. The van der Waals surface area contributed by atoms with Crippen molar-refractivity contribution in [1.29, 1.82) is 0 Å². The SMILES string of the molecule is COCCC1(CNC(=O)CNC(=O)[C@@H](N)C(C)C)CCC1.Cl. The molecule has 0 aliphatic heterocycles. The smallest absolute Gasteiger partial charge is 0.239 e. The van der Waals surface area contributed by atoms with Crippen LogP contribution >= 0.6 is 12.4 Å². The van der Waals surface area contributed by atoms with Crippen LogP contribution in [0.2, 0.25) is 0 Å². The minimum absolute atomic E-state index is 0. The van der Waals surface area contributed by atoms with E-state index >= 15 is 0 Å². The van der Waals surface area contributed by atoms with Crippen molar-refractivity contribution in [3.63, 3.8) is 0 Å². The molecule has 130 valence electrons. The van der Waals surface area contributed by atoms with Crippen LogP contribution in [0.1, 0.15) is 39.5 Å². The molecule has 0 aromatic carbocycles.